The lowest BCUT2D eigenvalue weighted by atomic mass is 9.94. The average Bonchev–Trinajstić information content (AvgIpc) is 3.45. The smallest absolute Gasteiger partial charge is 0.231 e. The number of nitrogens with zero attached hydrogens (tertiary/aromatic N) is 5. The topological polar surface area (TPSA) is 104 Å². The largest absolute Gasteiger partial charge is 0.480 e. The Kier molecular flexibility index (Phi) is 5.60. The van der Waals surface area contributed by atoms with Crippen molar-refractivity contribution in [3.63, 3.8) is 0 Å². The first kappa shape index (κ1) is 22.1. The van der Waals surface area contributed by atoms with E-state index < -0.39 is 5.41 Å². The number of carbonyl (C=O) groups excluding carboxylic acids is 1. The van der Waals surface area contributed by atoms with E-state index in [4.69, 9.17) is 18.6 Å². The van der Waals surface area contributed by atoms with Gasteiger partial charge in [0.05, 0.1) is 31.8 Å². The van der Waals surface area contributed by atoms with Gasteiger partial charge in [0.2, 0.25) is 17.7 Å². The van der Waals surface area contributed by atoms with Crippen molar-refractivity contribution < 1.29 is 23.4 Å². The lowest BCUT2D eigenvalue weighted by Crippen LogP contribution is -2.50. The molecule has 5 heterocycles. The number of morpholine rings is 1. The first-order valence-electron chi connectivity index (χ1n) is 11.1. The number of aromatic nitrogens is 4. The maximum Gasteiger partial charge on any atom is 0.231 e. The molecule has 10 nitrogen and oxygen atoms in total. The maximum atomic E-state index is 12.6. The molecule has 10 heteroatoms. The highest BCUT2D eigenvalue weighted by molar-refractivity contribution is 5.86. The quantitative estimate of drug-likeness (QED) is 0.443. The predicted molar refractivity (Wildman–Crippen MR) is 124 cm³/mol. The van der Waals surface area contributed by atoms with E-state index in [1.54, 1.807) is 36.2 Å². The molecule has 0 unspecified atom stereocenters. The van der Waals surface area contributed by atoms with Crippen LogP contribution in [-0.2, 0) is 9.53 Å². The first-order chi connectivity index (χ1) is 16.3. The number of methoxy groups -OCH3 is 1. The van der Waals surface area contributed by atoms with Gasteiger partial charge < -0.3 is 23.5 Å². The monoisotopic (exact) mass is 465 g/mol. The van der Waals surface area contributed by atoms with Crippen molar-refractivity contribution in [2.75, 3.05) is 33.4 Å². The fraction of sp³-hybridized carbons (Fsp3) is 0.417. The van der Waals surface area contributed by atoms with Crippen LogP contribution in [0, 0.1) is 5.41 Å². The van der Waals surface area contributed by atoms with Gasteiger partial charge in [-0.3, -0.25) is 4.79 Å². The van der Waals surface area contributed by atoms with Crippen LogP contribution in [0.1, 0.15) is 20.8 Å². The highest BCUT2D eigenvalue weighted by atomic mass is 16.5. The van der Waals surface area contributed by atoms with Crippen LogP contribution in [0.15, 0.2) is 41.1 Å². The van der Waals surface area contributed by atoms with E-state index >= 15 is 0 Å². The van der Waals surface area contributed by atoms with Crippen LogP contribution in [0.5, 0.6) is 11.8 Å². The molecule has 4 aromatic heterocycles. The number of rotatable bonds is 5. The van der Waals surface area contributed by atoms with Gasteiger partial charge in [0.25, 0.3) is 0 Å². The Morgan fingerprint density at radius 2 is 2.09 bits per heavy atom. The molecule has 0 saturated carbocycles. The summed E-state index contributed by atoms with van der Waals surface area (Å²) in [6, 6.07) is 7.23. The van der Waals surface area contributed by atoms with Gasteiger partial charge >= 0.3 is 0 Å². The molecular formula is C24H27N5O5. The number of furan rings is 1. The Balaban J connectivity index is 1.34. The van der Waals surface area contributed by atoms with E-state index in [9.17, 15) is 4.79 Å². The molecule has 178 valence electrons. The fourth-order valence-corrected chi connectivity index (χ4v) is 3.99. The summed E-state index contributed by atoms with van der Waals surface area (Å²) in [5.74, 6) is 1.61. The van der Waals surface area contributed by atoms with Gasteiger partial charge in [-0.15, -0.1) is 5.10 Å². The predicted octanol–water partition coefficient (Wildman–Crippen LogP) is 3.20. The number of hydrogen-bond donors (Lipinski definition) is 0. The number of hydrogen-bond acceptors (Lipinski definition) is 8. The van der Waals surface area contributed by atoms with E-state index in [1.165, 1.54) is 0 Å². The minimum Gasteiger partial charge on any atom is -0.480 e. The highest BCUT2D eigenvalue weighted by Crippen LogP contribution is 2.32. The number of amides is 1. The minimum atomic E-state index is -0.427. The number of fused-ring (bicyclic) bond motifs is 2. The van der Waals surface area contributed by atoms with Gasteiger partial charge in [-0.2, -0.15) is 0 Å². The molecule has 0 N–H and O–H groups in total. The minimum absolute atomic E-state index is 0.112. The van der Waals surface area contributed by atoms with E-state index in [-0.39, 0.29) is 18.6 Å². The van der Waals surface area contributed by atoms with Crippen molar-refractivity contribution in [2.24, 2.45) is 5.41 Å². The molecule has 34 heavy (non-hydrogen) atoms. The van der Waals surface area contributed by atoms with Crippen LogP contribution in [0.25, 0.3) is 28.1 Å². The van der Waals surface area contributed by atoms with Crippen LogP contribution >= 0.6 is 0 Å². The van der Waals surface area contributed by atoms with E-state index in [0.717, 1.165) is 5.39 Å². The molecule has 5 rings (SSSR count). The lowest BCUT2D eigenvalue weighted by Gasteiger charge is -2.36. The second-order valence-electron chi connectivity index (χ2n) is 9.23. The zero-order chi connectivity index (χ0) is 23.9. The van der Waals surface area contributed by atoms with Gasteiger partial charge in [0, 0.05) is 30.3 Å². The molecule has 1 saturated heterocycles. The van der Waals surface area contributed by atoms with Crippen molar-refractivity contribution >= 4 is 22.5 Å². The Labute approximate surface area is 196 Å². The van der Waals surface area contributed by atoms with Crippen molar-refractivity contribution in [2.45, 2.75) is 26.9 Å². The molecule has 0 radical (unpaired) electrons. The van der Waals surface area contributed by atoms with Crippen LogP contribution in [0.3, 0.4) is 0 Å². The zero-order valence-electron chi connectivity index (χ0n) is 19.6. The van der Waals surface area contributed by atoms with Gasteiger partial charge in [0.1, 0.15) is 24.0 Å². The van der Waals surface area contributed by atoms with Crippen LogP contribution in [0.2, 0.25) is 0 Å². The molecule has 1 aliphatic rings. The SMILES string of the molecule is COc1nccc2oc(-c3cnc4ccc(OC[C@H]5CN(C(=O)C(C)(C)C)CCO5)nn34)cc12. The summed E-state index contributed by atoms with van der Waals surface area (Å²) in [5.41, 5.74) is 1.57. The zero-order valence-corrected chi connectivity index (χ0v) is 19.6. The third kappa shape index (κ3) is 4.16. The molecular weight excluding hydrogens is 438 g/mol. The molecule has 1 amide bonds. The molecule has 1 fully saturated rings. The maximum absolute atomic E-state index is 12.6. The van der Waals surface area contributed by atoms with Crippen LogP contribution in [-0.4, -0.2) is 69.9 Å². The molecule has 0 aliphatic carbocycles. The molecule has 1 atom stereocenters. The van der Waals surface area contributed by atoms with Crippen molar-refractivity contribution in [1.29, 1.82) is 0 Å². The Hall–Kier alpha value is -3.66. The standard InChI is InChI=1S/C24H27N5O5/c1-24(2,3)23(30)28-9-10-32-15(13-28)14-33-21-6-5-20-26-12-17(29(20)27-21)19-11-16-18(34-19)7-8-25-22(16)31-4/h5-8,11-12,15H,9-10,13-14H2,1-4H3/t15-/m1/s1. The molecule has 1 aliphatic heterocycles. The van der Waals surface area contributed by atoms with Gasteiger partial charge in [-0.1, -0.05) is 20.8 Å². The summed E-state index contributed by atoms with van der Waals surface area (Å²) in [7, 11) is 1.57. The summed E-state index contributed by atoms with van der Waals surface area (Å²) in [5, 5.41) is 5.36. The number of imidazole rings is 1. The molecule has 0 spiro atoms. The third-order valence-electron chi connectivity index (χ3n) is 5.68. The Morgan fingerprint density at radius 1 is 1.24 bits per heavy atom. The van der Waals surface area contributed by atoms with E-state index in [0.29, 0.717) is 54.1 Å². The second kappa shape index (κ2) is 8.60. The molecule has 0 aromatic carbocycles. The van der Waals surface area contributed by atoms with Crippen molar-refractivity contribution in [1.82, 2.24) is 24.5 Å². The fourth-order valence-electron chi connectivity index (χ4n) is 3.99. The summed E-state index contributed by atoms with van der Waals surface area (Å²) >= 11 is 0. The number of carbonyl (C=O) groups is 1. The van der Waals surface area contributed by atoms with Crippen LogP contribution < -0.4 is 9.47 Å². The lowest BCUT2D eigenvalue weighted by molar-refractivity contribution is -0.148. The normalized spacial score (nSPS) is 16.8. The second-order valence-corrected chi connectivity index (χ2v) is 9.23. The number of ether oxygens (including phenoxy) is 3. The van der Waals surface area contributed by atoms with E-state index in [1.807, 2.05) is 37.8 Å². The van der Waals surface area contributed by atoms with Crippen molar-refractivity contribution in [3.8, 4) is 23.2 Å². The Bertz CT molecular complexity index is 1340. The summed E-state index contributed by atoms with van der Waals surface area (Å²) in [4.78, 5) is 23.1. The average molecular weight is 466 g/mol. The van der Waals surface area contributed by atoms with Gasteiger partial charge in [0.15, 0.2) is 11.4 Å². The molecule has 0 bridgehead atoms. The summed E-state index contributed by atoms with van der Waals surface area (Å²) in [6.45, 7) is 7.62. The highest BCUT2D eigenvalue weighted by Gasteiger charge is 2.31. The summed E-state index contributed by atoms with van der Waals surface area (Å²) in [6.07, 6.45) is 3.11. The van der Waals surface area contributed by atoms with Crippen molar-refractivity contribution in [3.05, 3.63) is 36.7 Å². The molecule has 4 aromatic rings. The van der Waals surface area contributed by atoms with Gasteiger partial charge in [-0.05, 0) is 12.1 Å². The third-order valence-corrected chi connectivity index (χ3v) is 5.68. The van der Waals surface area contributed by atoms with Crippen LogP contribution in [0.4, 0.5) is 0 Å². The Morgan fingerprint density at radius 3 is 2.88 bits per heavy atom. The first-order valence-corrected chi connectivity index (χ1v) is 11.1. The van der Waals surface area contributed by atoms with E-state index in [2.05, 4.69) is 15.1 Å². The van der Waals surface area contributed by atoms with Gasteiger partial charge in [-0.25, -0.2) is 14.5 Å². The summed E-state index contributed by atoms with van der Waals surface area (Å²) < 4.78 is 24.8. The number of pyridine rings is 1.